The van der Waals surface area contributed by atoms with Crippen molar-refractivity contribution in [3.63, 3.8) is 0 Å². The number of hydrogen-bond acceptors (Lipinski definition) is 4. The van der Waals surface area contributed by atoms with E-state index in [1.54, 1.807) is 0 Å². The molecule has 0 aliphatic rings. The molecule has 110 valence electrons. The zero-order valence-electron chi connectivity index (χ0n) is 12.3. The Kier molecular flexibility index (Phi) is 18.1. The van der Waals surface area contributed by atoms with Crippen molar-refractivity contribution in [3.8, 4) is 0 Å². The second kappa shape index (κ2) is 14.8. The Balaban J connectivity index is -0.000000270. The molecule has 2 aromatic rings. The summed E-state index contributed by atoms with van der Waals surface area (Å²) in [4.78, 5) is 0. The van der Waals surface area contributed by atoms with Crippen LogP contribution in [-0.2, 0) is 65.4 Å². The summed E-state index contributed by atoms with van der Waals surface area (Å²) < 4.78 is 0. The third kappa shape index (κ3) is 11.1. The van der Waals surface area contributed by atoms with Crippen LogP contribution in [0.4, 0.5) is 22.7 Å². The van der Waals surface area contributed by atoms with Gasteiger partial charge in [0.25, 0.3) is 0 Å². The van der Waals surface area contributed by atoms with E-state index in [2.05, 4.69) is 24.7 Å². The minimum atomic E-state index is 0. The number of nitrogen functional groups attached to an aromatic ring is 2. The molecule has 2 aromatic carbocycles. The van der Waals surface area contributed by atoms with Crippen LogP contribution in [0.3, 0.4) is 0 Å². The number of nitrogens with two attached hydrogens (primary N) is 2. The van der Waals surface area contributed by atoms with Crippen LogP contribution >= 0.6 is 0 Å². The van der Waals surface area contributed by atoms with Crippen LogP contribution in [0.25, 0.3) is 0 Å². The Morgan fingerprint density at radius 3 is 1.05 bits per heavy atom. The van der Waals surface area contributed by atoms with E-state index < -0.39 is 0 Å². The molecule has 0 aliphatic heterocycles. The summed E-state index contributed by atoms with van der Waals surface area (Å²) in [5, 5.41) is 5.50. The van der Waals surface area contributed by atoms with E-state index in [0.29, 0.717) is 0 Å². The summed E-state index contributed by atoms with van der Waals surface area (Å²) in [5.41, 5.74) is 14.4. The van der Waals surface area contributed by atoms with E-state index in [0.717, 1.165) is 22.7 Å². The van der Waals surface area contributed by atoms with Crippen LogP contribution < -0.4 is 22.1 Å². The average Bonchev–Trinajstić information content (AvgIpc) is 2.41. The van der Waals surface area contributed by atoms with Crippen LogP contribution in [0, 0.1) is 21.5 Å². The maximum Gasteiger partial charge on any atom is 0.0315 e. The number of nitrogens with one attached hydrogen (secondary N) is 2. The molecule has 0 unspecified atom stereocenters. The maximum absolute atomic E-state index is 5.43. The topological polar surface area (TPSA) is 76.1 Å². The SMILES string of the molecule is [CH2-]Nc1ccc(N)cc1.[CH2-]Nc1ccc(N)cc1.[CH3-].[Y].[Y]. The quantitative estimate of drug-likeness (QED) is 0.431. The first kappa shape index (κ1) is 25.8. The Morgan fingerprint density at radius 2 is 0.857 bits per heavy atom. The normalized spacial score (nSPS) is 7.71. The smallest absolute Gasteiger partial charge is 0.0315 e. The molecule has 6 heteroatoms. The Labute approximate surface area is 178 Å². The zero-order chi connectivity index (χ0) is 13.4. The monoisotopic (exact) mass is 435 g/mol. The van der Waals surface area contributed by atoms with Gasteiger partial charge in [0.15, 0.2) is 0 Å². The van der Waals surface area contributed by atoms with E-state index in [9.17, 15) is 0 Å². The first-order chi connectivity index (χ1) is 8.65. The van der Waals surface area contributed by atoms with E-state index >= 15 is 0 Å². The summed E-state index contributed by atoms with van der Waals surface area (Å²) in [6.07, 6.45) is 0. The van der Waals surface area contributed by atoms with Crippen LogP contribution in [0.5, 0.6) is 0 Å². The predicted octanol–water partition coefficient (Wildman–Crippen LogP) is 3.39. The molecule has 4 nitrogen and oxygen atoms in total. The van der Waals surface area contributed by atoms with Crippen molar-refractivity contribution in [3.05, 3.63) is 70.1 Å². The maximum atomic E-state index is 5.43. The van der Waals surface area contributed by atoms with Crippen molar-refractivity contribution < 1.29 is 65.4 Å². The van der Waals surface area contributed by atoms with Gasteiger partial charge in [0.05, 0.1) is 0 Å². The molecular formula is C15H21N4Y2-3. The molecule has 0 saturated heterocycles. The van der Waals surface area contributed by atoms with Gasteiger partial charge in [-0.25, -0.2) is 0 Å². The zero-order valence-corrected chi connectivity index (χ0v) is 18.0. The molecule has 2 radical (unpaired) electrons. The Morgan fingerprint density at radius 1 is 0.619 bits per heavy atom. The molecule has 0 amide bonds. The standard InChI is InChI=1S/2C7H9N2.CH3.2Y/c2*1-9-7-4-2-6(8)3-5-7;;;/h2*2-5,9H,1,8H2;1H3;;/q3*-1;;. The van der Waals surface area contributed by atoms with Crippen LogP contribution in [0.2, 0.25) is 0 Å². The minimum Gasteiger partial charge on any atom is -0.538 e. The number of anilines is 4. The molecule has 21 heavy (non-hydrogen) atoms. The third-order valence-corrected chi connectivity index (χ3v) is 2.23. The molecule has 0 atom stereocenters. The molecule has 0 aromatic heterocycles. The second-order valence-electron chi connectivity index (χ2n) is 3.60. The van der Waals surface area contributed by atoms with E-state index in [1.165, 1.54) is 0 Å². The predicted molar refractivity (Wildman–Crippen MR) is 86.1 cm³/mol. The first-order valence-electron chi connectivity index (χ1n) is 5.43. The summed E-state index contributed by atoms with van der Waals surface area (Å²) in [6, 6.07) is 14.8. The number of benzene rings is 2. The van der Waals surface area contributed by atoms with Gasteiger partial charge in [-0.3, -0.25) is 14.1 Å². The minimum absolute atomic E-state index is 0. The summed E-state index contributed by atoms with van der Waals surface area (Å²) in [5.74, 6) is 0. The molecule has 0 aliphatic carbocycles. The molecule has 0 spiro atoms. The van der Waals surface area contributed by atoms with Crippen LogP contribution in [0.15, 0.2) is 48.5 Å². The van der Waals surface area contributed by atoms with Crippen molar-refractivity contribution in [1.82, 2.24) is 0 Å². The van der Waals surface area contributed by atoms with Gasteiger partial charge in [-0.05, 0) is 48.5 Å². The van der Waals surface area contributed by atoms with Crippen LogP contribution in [0.1, 0.15) is 0 Å². The van der Waals surface area contributed by atoms with Gasteiger partial charge in [0.1, 0.15) is 0 Å². The fraction of sp³-hybridized carbons (Fsp3) is 0. The van der Waals surface area contributed by atoms with Crippen molar-refractivity contribution in [1.29, 1.82) is 0 Å². The van der Waals surface area contributed by atoms with Crippen molar-refractivity contribution in [2.45, 2.75) is 0 Å². The summed E-state index contributed by atoms with van der Waals surface area (Å²) >= 11 is 0. The van der Waals surface area contributed by atoms with Gasteiger partial charge in [0, 0.05) is 88.2 Å². The van der Waals surface area contributed by atoms with Gasteiger partial charge < -0.3 is 29.5 Å². The Hall–Kier alpha value is -0.152. The van der Waals surface area contributed by atoms with Crippen molar-refractivity contribution in [2.75, 3.05) is 22.1 Å². The van der Waals surface area contributed by atoms with Gasteiger partial charge in [-0.15, -0.1) is 0 Å². The molecule has 2 rings (SSSR count). The molecule has 0 heterocycles. The number of hydrogen-bond donors (Lipinski definition) is 4. The van der Waals surface area contributed by atoms with Gasteiger partial charge >= 0.3 is 0 Å². The number of rotatable bonds is 2. The summed E-state index contributed by atoms with van der Waals surface area (Å²) in [6.45, 7) is 0. The van der Waals surface area contributed by atoms with Crippen molar-refractivity contribution >= 4 is 22.7 Å². The molecule has 0 bridgehead atoms. The first-order valence-corrected chi connectivity index (χ1v) is 5.43. The van der Waals surface area contributed by atoms with E-state index in [4.69, 9.17) is 11.5 Å². The van der Waals surface area contributed by atoms with Gasteiger partial charge in [-0.2, -0.15) is 0 Å². The molecule has 0 fully saturated rings. The molecule has 0 saturated carbocycles. The largest absolute Gasteiger partial charge is 0.538 e. The third-order valence-electron chi connectivity index (χ3n) is 2.23. The molecule has 6 N–H and O–H groups in total. The van der Waals surface area contributed by atoms with Gasteiger partial charge in [-0.1, -0.05) is 0 Å². The summed E-state index contributed by atoms with van der Waals surface area (Å²) in [7, 11) is 6.99. The van der Waals surface area contributed by atoms with Crippen LogP contribution in [-0.4, -0.2) is 0 Å². The van der Waals surface area contributed by atoms with Crippen molar-refractivity contribution in [2.24, 2.45) is 0 Å². The fourth-order valence-corrected chi connectivity index (χ4v) is 1.20. The van der Waals surface area contributed by atoms with E-state index in [-0.39, 0.29) is 72.8 Å². The molecular weight excluding hydrogens is 414 g/mol. The van der Waals surface area contributed by atoms with E-state index in [1.807, 2.05) is 48.5 Å². The Bertz CT molecular complexity index is 413. The fourth-order valence-electron chi connectivity index (χ4n) is 1.20. The van der Waals surface area contributed by atoms with Gasteiger partial charge in [0.2, 0.25) is 0 Å². The second-order valence-corrected chi connectivity index (χ2v) is 3.60. The average molecular weight is 435 g/mol.